The van der Waals surface area contributed by atoms with Gasteiger partial charge >= 0.3 is 0 Å². The van der Waals surface area contributed by atoms with Gasteiger partial charge in [0.15, 0.2) is 0 Å². The number of aryl methyl sites for hydroxylation is 1. The molecule has 1 atom stereocenters. The minimum absolute atomic E-state index is 0.0781. The Morgan fingerprint density at radius 2 is 1.66 bits per heavy atom. The van der Waals surface area contributed by atoms with Gasteiger partial charge in [-0.05, 0) is 99.6 Å². The Bertz CT molecular complexity index is 898. The maximum Gasteiger partial charge on any atom is 0.127 e. The Balaban J connectivity index is 2.96. The van der Waals surface area contributed by atoms with E-state index < -0.39 is 0 Å². The van der Waals surface area contributed by atoms with E-state index >= 15 is 0 Å². The highest BCUT2D eigenvalue weighted by Gasteiger charge is 2.27. The molecule has 2 rings (SSSR count). The van der Waals surface area contributed by atoms with Gasteiger partial charge in [0, 0.05) is 5.92 Å². The Morgan fingerprint density at radius 1 is 0.969 bits per heavy atom. The number of benzene rings is 1. The van der Waals surface area contributed by atoms with Gasteiger partial charge in [-0.15, -0.1) is 0 Å². The molecule has 32 heavy (non-hydrogen) atoms. The summed E-state index contributed by atoms with van der Waals surface area (Å²) in [6, 6.07) is 9.07. The number of allylic oxidation sites excluding steroid dienone is 8. The van der Waals surface area contributed by atoms with Crippen LogP contribution in [0, 0.1) is 5.92 Å². The van der Waals surface area contributed by atoms with Gasteiger partial charge in [0.1, 0.15) is 6.29 Å². The Labute approximate surface area is 197 Å². The summed E-state index contributed by atoms with van der Waals surface area (Å²) in [6.45, 7) is 15.6. The lowest BCUT2D eigenvalue weighted by Gasteiger charge is -2.26. The molecule has 0 heterocycles. The summed E-state index contributed by atoms with van der Waals surface area (Å²) in [4.78, 5) is 12.4. The van der Waals surface area contributed by atoms with Crippen molar-refractivity contribution in [1.82, 2.24) is 0 Å². The van der Waals surface area contributed by atoms with Crippen molar-refractivity contribution in [3.05, 3.63) is 74.9 Å². The molecule has 0 amide bonds. The molecular formula is C31H44O. The standard InChI is InChI=1S/C31H44O/c1-8-11-14-24(7)30(27(21-32)13-9-2)31(26-19-17-25(10-3)18-20-26)29(22(4)5)28-16-12-15-23(28)6/h14,17-21,27H,8-13,15-16H2,1-7H3/b24-14+,31-30+. The van der Waals surface area contributed by atoms with E-state index in [9.17, 15) is 4.79 Å². The van der Waals surface area contributed by atoms with Crippen molar-refractivity contribution in [1.29, 1.82) is 0 Å². The van der Waals surface area contributed by atoms with Crippen LogP contribution in [0.2, 0.25) is 0 Å². The van der Waals surface area contributed by atoms with E-state index in [0.29, 0.717) is 0 Å². The molecule has 1 aliphatic carbocycles. The zero-order valence-corrected chi connectivity index (χ0v) is 21.6. The molecule has 1 aliphatic rings. The van der Waals surface area contributed by atoms with E-state index in [1.165, 1.54) is 69.3 Å². The quantitative estimate of drug-likeness (QED) is 0.251. The number of carbonyl (C=O) groups excluding carboxylic acids is 1. The highest BCUT2D eigenvalue weighted by atomic mass is 16.1. The molecule has 0 radical (unpaired) electrons. The Morgan fingerprint density at radius 3 is 2.12 bits per heavy atom. The van der Waals surface area contributed by atoms with Crippen LogP contribution in [-0.2, 0) is 11.2 Å². The maximum absolute atomic E-state index is 12.4. The van der Waals surface area contributed by atoms with Crippen LogP contribution < -0.4 is 0 Å². The number of hydrogen-bond acceptors (Lipinski definition) is 1. The summed E-state index contributed by atoms with van der Waals surface area (Å²) < 4.78 is 0. The van der Waals surface area contributed by atoms with Crippen molar-refractivity contribution in [2.75, 3.05) is 0 Å². The summed E-state index contributed by atoms with van der Waals surface area (Å²) in [5, 5.41) is 0. The molecule has 0 bridgehead atoms. The molecule has 1 heteroatoms. The van der Waals surface area contributed by atoms with Crippen molar-refractivity contribution >= 4 is 11.9 Å². The fourth-order valence-corrected chi connectivity index (χ4v) is 5.01. The zero-order valence-electron chi connectivity index (χ0n) is 21.6. The third kappa shape index (κ3) is 6.21. The van der Waals surface area contributed by atoms with Gasteiger partial charge in [-0.2, -0.15) is 0 Å². The van der Waals surface area contributed by atoms with Crippen LogP contribution in [0.5, 0.6) is 0 Å². The fourth-order valence-electron chi connectivity index (χ4n) is 5.01. The van der Waals surface area contributed by atoms with Crippen LogP contribution in [0.1, 0.15) is 105 Å². The van der Waals surface area contributed by atoms with Gasteiger partial charge in [0.25, 0.3) is 0 Å². The van der Waals surface area contributed by atoms with Crippen molar-refractivity contribution in [3.8, 4) is 0 Å². The first kappa shape index (κ1) is 26.1. The van der Waals surface area contributed by atoms with Gasteiger partial charge in [-0.25, -0.2) is 0 Å². The normalized spacial score (nSPS) is 16.2. The van der Waals surface area contributed by atoms with Crippen molar-refractivity contribution in [2.45, 2.75) is 99.8 Å². The number of unbranched alkanes of at least 4 members (excludes halogenated alkanes) is 1. The molecule has 1 aromatic rings. The zero-order chi connectivity index (χ0) is 23.7. The first-order chi connectivity index (χ1) is 15.4. The van der Waals surface area contributed by atoms with Gasteiger partial charge < -0.3 is 4.79 Å². The summed E-state index contributed by atoms with van der Waals surface area (Å²) in [5.41, 5.74) is 12.1. The summed E-state index contributed by atoms with van der Waals surface area (Å²) >= 11 is 0. The maximum atomic E-state index is 12.4. The van der Waals surface area contributed by atoms with Crippen LogP contribution >= 0.6 is 0 Å². The Kier molecular flexibility index (Phi) is 10.4. The molecule has 1 aromatic carbocycles. The molecule has 0 spiro atoms. The van der Waals surface area contributed by atoms with Crippen molar-refractivity contribution in [3.63, 3.8) is 0 Å². The molecule has 0 N–H and O–H groups in total. The van der Waals surface area contributed by atoms with Crippen molar-refractivity contribution in [2.24, 2.45) is 5.92 Å². The molecule has 0 fully saturated rings. The van der Waals surface area contributed by atoms with E-state index in [4.69, 9.17) is 0 Å². The smallest absolute Gasteiger partial charge is 0.127 e. The van der Waals surface area contributed by atoms with Gasteiger partial charge in [0.2, 0.25) is 0 Å². The second-order valence-electron chi connectivity index (χ2n) is 9.53. The predicted molar refractivity (Wildman–Crippen MR) is 141 cm³/mol. The van der Waals surface area contributed by atoms with Crippen LogP contribution in [-0.4, -0.2) is 6.29 Å². The van der Waals surface area contributed by atoms with E-state index in [1.807, 2.05) is 0 Å². The van der Waals surface area contributed by atoms with Crippen LogP contribution in [0.15, 0.2) is 63.8 Å². The van der Waals surface area contributed by atoms with E-state index in [0.717, 1.165) is 38.5 Å². The third-order valence-corrected chi connectivity index (χ3v) is 6.76. The average Bonchev–Trinajstić information content (AvgIpc) is 3.21. The van der Waals surface area contributed by atoms with Gasteiger partial charge in [-0.3, -0.25) is 0 Å². The van der Waals surface area contributed by atoms with E-state index in [1.54, 1.807) is 0 Å². The Hall–Kier alpha value is -2.15. The topological polar surface area (TPSA) is 17.1 Å². The molecule has 0 saturated carbocycles. The average molecular weight is 433 g/mol. The second kappa shape index (κ2) is 12.8. The molecule has 0 saturated heterocycles. The minimum Gasteiger partial charge on any atom is -0.303 e. The lowest BCUT2D eigenvalue weighted by atomic mass is 9.77. The first-order valence-corrected chi connectivity index (χ1v) is 12.7. The van der Waals surface area contributed by atoms with Crippen LogP contribution in [0.4, 0.5) is 0 Å². The van der Waals surface area contributed by atoms with Crippen molar-refractivity contribution < 1.29 is 4.79 Å². The van der Waals surface area contributed by atoms with Crippen LogP contribution in [0.25, 0.3) is 5.57 Å². The number of carbonyl (C=O) groups is 1. The fraction of sp³-hybridized carbons (Fsp3) is 0.516. The molecule has 1 unspecified atom stereocenters. The minimum atomic E-state index is -0.0781. The summed E-state index contributed by atoms with van der Waals surface area (Å²) in [5.74, 6) is -0.0781. The SMILES string of the molecule is CCC/C=C(C)/C(=C(\C(=C(C)C)C1=C(C)CCC1)c1ccc(CC)cc1)C(C=O)CCC. The molecule has 0 aromatic heterocycles. The third-order valence-electron chi connectivity index (χ3n) is 6.76. The largest absolute Gasteiger partial charge is 0.303 e. The van der Waals surface area contributed by atoms with Gasteiger partial charge in [0.05, 0.1) is 0 Å². The second-order valence-corrected chi connectivity index (χ2v) is 9.53. The summed E-state index contributed by atoms with van der Waals surface area (Å²) in [7, 11) is 0. The number of rotatable bonds is 11. The first-order valence-electron chi connectivity index (χ1n) is 12.7. The highest BCUT2D eigenvalue weighted by Crippen LogP contribution is 2.44. The predicted octanol–water partition coefficient (Wildman–Crippen LogP) is 9.20. The monoisotopic (exact) mass is 432 g/mol. The highest BCUT2D eigenvalue weighted by molar-refractivity contribution is 5.91. The molecule has 1 nitrogen and oxygen atoms in total. The summed E-state index contributed by atoms with van der Waals surface area (Å²) in [6.07, 6.45) is 12.2. The van der Waals surface area contributed by atoms with E-state index in [-0.39, 0.29) is 5.92 Å². The molecule has 174 valence electrons. The number of aldehydes is 1. The van der Waals surface area contributed by atoms with E-state index in [2.05, 4.69) is 78.8 Å². The molecule has 0 aliphatic heterocycles. The lowest BCUT2D eigenvalue weighted by molar-refractivity contribution is -0.110. The number of hydrogen-bond donors (Lipinski definition) is 0. The molecular weight excluding hydrogens is 388 g/mol. The van der Waals surface area contributed by atoms with Crippen LogP contribution in [0.3, 0.4) is 0 Å². The lowest BCUT2D eigenvalue weighted by Crippen LogP contribution is -2.12. The van der Waals surface area contributed by atoms with Gasteiger partial charge in [-0.1, -0.05) is 80.7 Å².